The van der Waals surface area contributed by atoms with Gasteiger partial charge in [0, 0.05) is 16.7 Å². The van der Waals surface area contributed by atoms with Gasteiger partial charge in [0.25, 0.3) is 0 Å². The fraction of sp³-hybridized carbons (Fsp3) is 0.417. The summed E-state index contributed by atoms with van der Waals surface area (Å²) < 4.78 is 5.71. The van der Waals surface area contributed by atoms with Crippen LogP contribution in [-0.4, -0.2) is 22.8 Å². The number of aromatic hydroxyl groups is 1. The molecule has 0 atom stereocenters. The van der Waals surface area contributed by atoms with E-state index in [9.17, 15) is 14.7 Å². The number of allylic oxidation sites excluding steroid dienone is 4. The minimum absolute atomic E-state index is 0.0109. The molecular formula is C24H29ClO4. The van der Waals surface area contributed by atoms with E-state index >= 15 is 0 Å². The predicted octanol–water partition coefficient (Wildman–Crippen LogP) is 5.95. The first-order valence-corrected chi connectivity index (χ1v) is 10.1. The molecule has 1 aromatic carbocycles. The molecule has 1 aromatic rings. The van der Waals surface area contributed by atoms with Gasteiger partial charge in [-0.2, -0.15) is 0 Å². The summed E-state index contributed by atoms with van der Waals surface area (Å²) in [6.07, 6.45) is 8.47. The van der Waals surface area contributed by atoms with Crippen molar-refractivity contribution in [1.29, 1.82) is 0 Å². The van der Waals surface area contributed by atoms with Crippen LogP contribution in [-0.2, 0) is 16.0 Å². The summed E-state index contributed by atoms with van der Waals surface area (Å²) >= 11 is 6.33. The summed E-state index contributed by atoms with van der Waals surface area (Å²) in [5.41, 5.74) is 3.66. The molecule has 0 amide bonds. The van der Waals surface area contributed by atoms with E-state index in [-0.39, 0.29) is 17.1 Å². The van der Waals surface area contributed by atoms with Crippen molar-refractivity contribution in [3.63, 3.8) is 0 Å². The number of phenolic OH excluding ortho intramolecular Hbond substituents is 1. The lowest BCUT2D eigenvalue weighted by molar-refractivity contribution is -0.126. The van der Waals surface area contributed by atoms with Crippen LogP contribution in [0.25, 0.3) is 0 Å². The topological polar surface area (TPSA) is 63.6 Å². The van der Waals surface area contributed by atoms with Crippen molar-refractivity contribution < 1.29 is 19.4 Å². The highest BCUT2D eigenvalue weighted by molar-refractivity contribution is 6.32. The second-order valence-electron chi connectivity index (χ2n) is 8.09. The van der Waals surface area contributed by atoms with E-state index in [0.717, 1.165) is 29.6 Å². The number of hydrogen-bond acceptors (Lipinski definition) is 4. The molecule has 1 aliphatic heterocycles. The highest BCUT2D eigenvalue weighted by Gasteiger charge is 2.35. The van der Waals surface area contributed by atoms with Gasteiger partial charge in [-0.25, -0.2) is 0 Å². The Balaban J connectivity index is 2.05. The van der Waals surface area contributed by atoms with E-state index in [0.29, 0.717) is 34.6 Å². The molecule has 156 valence electrons. The zero-order chi connectivity index (χ0) is 21.9. The summed E-state index contributed by atoms with van der Waals surface area (Å²) in [5, 5.41) is 11.0. The molecule has 29 heavy (non-hydrogen) atoms. The molecule has 1 N–H and O–H groups in total. The lowest BCUT2D eigenvalue weighted by Crippen LogP contribution is -2.27. The number of phenols is 1. The number of rotatable bonds is 7. The summed E-state index contributed by atoms with van der Waals surface area (Å²) in [5.74, 6) is 0.632. The Morgan fingerprint density at radius 1 is 1.21 bits per heavy atom. The molecule has 5 heteroatoms. The maximum absolute atomic E-state index is 11.9. The highest BCUT2D eigenvalue weighted by Crippen LogP contribution is 2.35. The van der Waals surface area contributed by atoms with Crippen LogP contribution in [0.3, 0.4) is 0 Å². The Morgan fingerprint density at radius 3 is 2.41 bits per heavy atom. The average Bonchev–Trinajstić information content (AvgIpc) is 2.93. The first-order valence-electron chi connectivity index (χ1n) is 9.73. The molecule has 0 saturated heterocycles. The van der Waals surface area contributed by atoms with Gasteiger partial charge in [0.2, 0.25) is 5.78 Å². The van der Waals surface area contributed by atoms with E-state index < -0.39 is 5.60 Å². The van der Waals surface area contributed by atoms with Crippen molar-refractivity contribution in [3.05, 3.63) is 62.4 Å². The van der Waals surface area contributed by atoms with Gasteiger partial charge < -0.3 is 9.84 Å². The number of benzene rings is 1. The summed E-state index contributed by atoms with van der Waals surface area (Å²) in [6.45, 7) is 11.1. The highest BCUT2D eigenvalue weighted by atomic mass is 35.5. The molecule has 0 bridgehead atoms. The van der Waals surface area contributed by atoms with Gasteiger partial charge in [-0.15, -0.1) is 0 Å². The van der Waals surface area contributed by atoms with Gasteiger partial charge in [0.05, 0.1) is 5.56 Å². The molecule has 0 radical (unpaired) electrons. The van der Waals surface area contributed by atoms with Gasteiger partial charge >= 0.3 is 0 Å². The number of carbonyl (C=O) groups excluding carboxylic acids is 2. The lowest BCUT2D eigenvalue weighted by Gasteiger charge is -2.18. The smallest absolute Gasteiger partial charge is 0.202 e. The predicted molar refractivity (Wildman–Crippen MR) is 117 cm³/mol. The molecule has 0 aliphatic carbocycles. The Hall–Kier alpha value is -2.33. The Labute approximate surface area is 177 Å². The van der Waals surface area contributed by atoms with Crippen molar-refractivity contribution in [2.75, 3.05) is 0 Å². The SMILES string of the molecule is C/C(=C\Cc1c(C)c(Cl)c(C)c(C=O)c1O)CC/C=C(\C)C1=CC(=O)C(C)(C)O1. The van der Waals surface area contributed by atoms with Crippen LogP contribution in [0.2, 0.25) is 5.02 Å². The standard InChI is InChI=1S/C24H29ClO4/c1-14(8-7-9-15(2)20-12-21(27)24(5,6)29-20)10-11-18-16(3)22(25)17(4)19(13-26)23(18)28/h9-10,12-13,28H,7-8,11H2,1-6H3/b14-10+,15-9+. The van der Waals surface area contributed by atoms with E-state index in [2.05, 4.69) is 6.08 Å². The minimum Gasteiger partial charge on any atom is -0.507 e. The number of hydrogen-bond donors (Lipinski definition) is 1. The molecule has 0 saturated carbocycles. The van der Waals surface area contributed by atoms with Crippen molar-refractivity contribution in [2.24, 2.45) is 0 Å². The number of ketones is 1. The van der Waals surface area contributed by atoms with Crippen LogP contribution >= 0.6 is 11.6 Å². The van der Waals surface area contributed by atoms with E-state index in [4.69, 9.17) is 16.3 Å². The first kappa shape index (κ1) is 23.0. The van der Waals surface area contributed by atoms with Crippen LogP contribution in [0.1, 0.15) is 67.6 Å². The summed E-state index contributed by atoms with van der Waals surface area (Å²) in [4.78, 5) is 23.2. The molecule has 2 rings (SSSR count). The van der Waals surface area contributed by atoms with E-state index in [1.807, 2.05) is 26.8 Å². The molecule has 1 aliphatic rings. The summed E-state index contributed by atoms with van der Waals surface area (Å²) in [7, 11) is 0. The third-order valence-electron chi connectivity index (χ3n) is 5.43. The molecule has 0 aromatic heterocycles. The van der Waals surface area contributed by atoms with E-state index in [1.165, 1.54) is 0 Å². The number of carbonyl (C=O) groups is 2. The zero-order valence-electron chi connectivity index (χ0n) is 18.0. The Kier molecular flexibility index (Phi) is 7.12. The van der Waals surface area contributed by atoms with Gasteiger partial charge in [-0.3, -0.25) is 9.59 Å². The molecular weight excluding hydrogens is 388 g/mol. The molecule has 4 nitrogen and oxygen atoms in total. The number of ether oxygens (including phenoxy) is 1. The average molecular weight is 417 g/mol. The number of halogens is 1. The van der Waals surface area contributed by atoms with Crippen LogP contribution in [0, 0.1) is 13.8 Å². The zero-order valence-corrected chi connectivity index (χ0v) is 18.7. The Bertz CT molecular complexity index is 933. The third-order valence-corrected chi connectivity index (χ3v) is 5.99. The largest absolute Gasteiger partial charge is 0.507 e. The van der Waals surface area contributed by atoms with Crippen LogP contribution in [0.5, 0.6) is 5.75 Å². The molecule has 0 fully saturated rings. The van der Waals surface area contributed by atoms with E-state index in [1.54, 1.807) is 26.8 Å². The number of aldehydes is 1. The monoisotopic (exact) mass is 416 g/mol. The maximum Gasteiger partial charge on any atom is 0.202 e. The van der Waals surface area contributed by atoms with Crippen molar-refractivity contribution in [3.8, 4) is 5.75 Å². The lowest BCUT2D eigenvalue weighted by atomic mass is 9.95. The van der Waals surface area contributed by atoms with Gasteiger partial charge in [-0.1, -0.05) is 29.3 Å². The quantitative estimate of drug-likeness (QED) is 0.440. The summed E-state index contributed by atoms with van der Waals surface area (Å²) in [6, 6.07) is 0. The van der Waals surface area contributed by atoms with Gasteiger partial charge in [0.15, 0.2) is 11.9 Å². The maximum atomic E-state index is 11.9. The van der Waals surface area contributed by atoms with Gasteiger partial charge in [0.1, 0.15) is 11.5 Å². The normalized spacial score (nSPS) is 16.7. The van der Waals surface area contributed by atoms with Crippen molar-refractivity contribution in [2.45, 2.75) is 66.4 Å². The van der Waals surface area contributed by atoms with Crippen molar-refractivity contribution in [1.82, 2.24) is 0 Å². The second-order valence-corrected chi connectivity index (χ2v) is 8.47. The van der Waals surface area contributed by atoms with Crippen molar-refractivity contribution >= 4 is 23.7 Å². The van der Waals surface area contributed by atoms with Gasteiger partial charge in [-0.05, 0) is 77.5 Å². The Morgan fingerprint density at radius 2 is 1.86 bits per heavy atom. The van der Waals surface area contributed by atoms with Crippen LogP contribution in [0.4, 0.5) is 0 Å². The minimum atomic E-state index is -0.782. The molecule has 1 heterocycles. The first-order chi connectivity index (χ1) is 13.5. The fourth-order valence-corrected chi connectivity index (χ4v) is 3.50. The second kappa shape index (κ2) is 9.00. The van der Waals surface area contributed by atoms with Crippen LogP contribution < -0.4 is 0 Å². The molecule has 0 unspecified atom stereocenters. The fourth-order valence-electron chi connectivity index (χ4n) is 3.28. The third kappa shape index (κ3) is 4.99. The molecule has 0 spiro atoms. The van der Waals surface area contributed by atoms with Crippen LogP contribution in [0.15, 0.2) is 35.1 Å².